The summed E-state index contributed by atoms with van der Waals surface area (Å²) in [6.45, 7) is 0. The number of nitrogens with one attached hydrogen (secondary N) is 1. The molecule has 1 aromatic heterocycles. The first-order valence-electron chi connectivity index (χ1n) is 9.27. The molecule has 4 rings (SSSR count). The van der Waals surface area contributed by atoms with Crippen molar-refractivity contribution in [3.05, 3.63) is 84.4 Å². The van der Waals surface area contributed by atoms with Gasteiger partial charge in [-0.05, 0) is 12.1 Å². The summed E-state index contributed by atoms with van der Waals surface area (Å²) in [5, 5.41) is 22.8. The van der Waals surface area contributed by atoms with Gasteiger partial charge in [-0.15, -0.1) is 10.2 Å². The Bertz CT molecular complexity index is 1160. The second-order valence-electron chi connectivity index (χ2n) is 6.33. The fraction of sp³-hybridized carbons (Fsp3) is 0.0435. The van der Waals surface area contributed by atoms with Gasteiger partial charge in [-0.1, -0.05) is 66.7 Å². The third-order valence-corrected chi connectivity index (χ3v) is 4.40. The monoisotopic (exact) mass is 397 g/mol. The third-order valence-electron chi connectivity index (χ3n) is 4.40. The third kappa shape index (κ3) is 4.10. The molecule has 0 bridgehead atoms. The molecule has 0 aliphatic rings. The van der Waals surface area contributed by atoms with Crippen LogP contribution in [-0.2, 0) is 0 Å². The van der Waals surface area contributed by atoms with Gasteiger partial charge < -0.3 is 9.84 Å². The number of phenolic OH excluding ortho intramolecular Hbond substituents is 1. The van der Waals surface area contributed by atoms with Gasteiger partial charge in [0.25, 0.3) is 5.95 Å². The highest BCUT2D eigenvalue weighted by molar-refractivity contribution is 5.85. The maximum absolute atomic E-state index is 10.2. The van der Waals surface area contributed by atoms with E-state index in [0.717, 1.165) is 11.1 Å². The summed E-state index contributed by atoms with van der Waals surface area (Å²) in [6, 6.07) is 24.7. The first kappa shape index (κ1) is 19.1. The van der Waals surface area contributed by atoms with Crippen LogP contribution in [0, 0.1) is 0 Å². The summed E-state index contributed by atoms with van der Waals surface area (Å²) in [4.78, 5) is 4.62. The van der Waals surface area contributed by atoms with E-state index in [-0.39, 0.29) is 11.7 Å². The molecule has 3 aromatic carbocycles. The van der Waals surface area contributed by atoms with Crippen LogP contribution in [0.25, 0.3) is 22.5 Å². The average Bonchev–Trinajstić information content (AvgIpc) is 2.81. The molecule has 148 valence electrons. The lowest BCUT2D eigenvalue weighted by Gasteiger charge is -2.09. The largest absolute Gasteiger partial charge is 0.504 e. The zero-order valence-corrected chi connectivity index (χ0v) is 16.2. The molecular weight excluding hydrogens is 378 g/mol. The van der Waals surface area contributed by atoms with Gasteiger partial charge in [0.2, 0.25) is 0 Å². The molecule has 7 nitrogen and oxygen atoms in total. The fourth-order valence-corrected chi connectivity index (χ4v) is 2.93. The zero-order valence-electron chi connectivity index (χ0n) is 16.2. The summed E-state index contributed by atoms with van der Waals surface area (Å²) < 4.78 is 5.10. The van der Waals surface area contributed by atoms with Crippen molar-refractivity contribution in [2.75, 3.05) is 12.5 Å². The van der Waals surface area contributed by atoms with E-state index in [1.807, 2.05) is 60.7 Å². The summed E-state index contributed by atoms with van der Waals surface area (Å²) in [5.74, 6) is 0.622. The number of ether oxygens (including phenoxy) is 1. The van der Waals surface area contributed by atoms with Crippen LogP contribution in [0.4, 0.5) is 5.95 Å². The number of phenols is 1. The van der Waals surface area contributed by atoms with Crippen LogP contribution in [0.15, 0.2) is 84.0 Å². The molecule has 1 heterocycles. The second kappa shape index (κ2) is 8.83. The molecule has 0 radical (unpaired) electrons. The first-order chi connectivity index (χ1) is 14.8. The molecule has 0 saturated carbocycles. The van der Waals surface area contributed by atoms with Crippen LogP contribution < -0.4 is 10.2 Å². The number of methoxy groups -OCH3 is 1. The van der Waals surface area contributed by atoms with E-state index in [4.69, 9.17) is 4.74 Å². The van der Waals surface area contributed by atoms with Gasteiger partial charge >= 0.3 is 0 Å². The summed E-state index contributed by atoms with van der Waals surface area (Å²) >= 11 is 0. The van der Waals surface area contributed by atoms with Gasteiger partial charge in [0.15, 0.2) is 11.5 Å². The van der Waals surface area contributed by atoms with Crippen LogP contribution in [0.2, 0.25) is 0 Å². The van der Waals surface area contributed by atoms with E-state index < -0.39 is 0 Å². The van der Waals surface area contributed by atoms with Crippen molar-refractivity contribution in [3.63, 3.8) is 0 Å². The van der Waals surface area contributed by atoms with E-state index in [1.165, 1.54) is 13.3 Å². The Hall–Kier alpha value is -4.26. The molecule has 0 spiro atoms. The number of hydrogen-bond acceptors (Lipinski definition) is 7. The molecule has 0 unspecified atom stereocenters. The minimum absolute atomic E-state index is 0.00833. The number of anilines is 1. The Kier molecular flexibility index (Phi) is 5.61. The molecule has 0 aliphatic carbocycles. The number of hydrogen-bond donors (Lipinski definition) is 2. The van der Waals surface area contributed by atoms with Crippen LogP contribution >= 0.6 is 0 Å². The Labute approximate surface area is 173 Å². The maximum Gasteiger partial charge on any atom is 0.263 e. The zero-order chi connectivity index (χ0) is 20.8. The number of nitrogens with zero attached hydrogens (tertiary/aromatic N) is 4. The van der Waals surface area contributed by atoms with Crippen molar-refractivity contribution in [1.82, 2.24) is 15.2 Å². The highest BCUT2D eigenvalue weighted by atomic mass is 16.5. The van der Waals surface area contributed by atoms with Crippen molar-refractivity contribution in [2.24, 2.45) is 5.10 Å². The average molecular weight is 397 g/mol. The molecule has 0 saturated heterocycles. The van der Waals surface area contributed by atoms with Gasteiger partial charge in [0.05, 0.1) is 13.3 Å². The van der Waals surface area contributed by atoms with Crippen molar-refractivity contribution in [2.45, 2.75) is 0 Å². The van der Waals surface area contributed by atoms with Crippen molar-refractivity contribution < 1.29 is 9.84 Å². The molecule has 0 amide bonds. The lowest BCUT2D eigenvalue weighted by molar-refractivity contribution is 0.373. The summed E-state index contributed by atoms with van der Waals surface area (Å²) in [6.07, 6.45) is 1.47. The Morgan fingerprint density at radius 1 is 0.833 bits per heavy atom. The van der Waals surface area contributed by atoms with E-state index in [1.54, 1.807) is 18.2 Å². The van der Waals surface area contributed by atoms with E-state index in [2.05, 4.69) is 25.7 Å². The number of aromatic nitrogens is 3. The lowest BCUT2D eigenvalue weighted by Crippen LogP contribution is -2.03. The lowest BCUT2D eigenvalue weighted by atomic mass is 10.0. The minimum atomic E-state index is 0.00833. The van der Waals surface area contributed by atoms with Gasteiger partial charge in [-0.25, -0.2) is 10.4 Å². The van der Waals surface area contributed by atoms with E-state index in [0.29, 0.717) is 22.7 Å². The molecule has 0 aliphatic heterocycles. The Morgan fingerprint density at radius 2 is 1.50 bits per heavy atom. The summed E-state index contributed by atoms with van der Waals surface area (Å²) in [5.41, 5.74) is 6.50. The number of rotatable bonds is 6. The highest BCUT2D eigenvalue weighted by Gasteiger charge is 2.13. The molecule has 2 N–H and O–H groups in total. The van der Waals surface area contributed by atoms with Gasteiger partial charge in [0.1, 0.15) is 11.4 Å². The predicted octanol–water partition coefficient (Wildman–Crippen LogP) is 4.37. The predicted molar refractivity (Wildman–Crippen MR) is 117 cm³/mol. The molecule has 7 heteroatoms. The van der Waals surface area contributed by atoms with Gasteiger partial charge in [-0.2, -0.15) is 5.10 Å². The quantitative estimate of drug-likeness (QED) is 0.371. The van der Waals surface area contributed by atoms with Crippen LogP contribution in [-0.4, -0.2) is 33.6 Å². The highest BCUT2D eigenvalue weighted by Crippen LogP contribution is 2.29. The van der Waals surface area contributed by atoms with Crippen LogP contribution in [0.5, 0.6) is 11.5 Å². The van der Waals surface area contributed by atoms with Crippen LogP contribution in [0.1, 0.15) is 5.56 Å². The molecule has 30 heavy (non-hydrogen) atoms. The minimum Gasteiger partial charge on any atom is -0.504 e. The van der Waals surface area contributed by atoms with Gasteiger partial charge in [0, 0.05) is 16.7 Å². The fourth-order valence-electron chi connectivity index (χ4n) is 2.93. The Balaban J connectivity index is 1.65. The van der Waals surface area contributed by atoms with Crippen molar-refractivity contribution >= 4 is 12.2 Å². The normalized spacial score (nSPS) is 10.8. The number of benzene rings is 3. The molecule has 0 atom stereocenters. The molecule has 4 aromatic rings. The number of aromatic hydroxyl groups is 1. The Morgan fingerprint density at radius 3 is 2.17 bits per heavy atom. The smallest absolute Gasteiger partial charge is 0.263 e. The first-order valence-corrected chi connectivity index (χ1v) is 9.27. The molecular formula is C23H19N5O2. The second-order valence-corrected chi connectivity index (χ2v) is 6.33. The van der Waals surface area contributed by atoms with Crippen molar-refractivity contribution in [3.8, 4) is 34.0 Å². The van der Waals surface area contributed by atoms with E-state index in [9.17, 15) is 5.11 Å². The van der Waals surface area contributed by atoms with Crippen LogP contribution in [0.3, 0.4) is 0 Å². The topological polar surface area (TPSA) is 92.5 Å². The number of para-hydroxylation sites is 1. The van der Waals surface area contributed by atoms with E-state index >= 15 is 0 Å². The number of hydrazone groups is 1. The standard InChI is InChI=1S/C23H19N5O2/c1-30-19-14-8-13-18(22(19)29)15-24-27-23-25-20(16-9-4-2-5-10-16)21(26-28-23)17-11-6-3-7-12-17/h2-15,29H,1H3,(H,25,27,28)/b24-15+. The van der Waals surface area contributed by atoms with Gasteiger partial charge in [-0.3, -0.25) is 0 Å². The van der Waals surface area contributed by atoms with Crippen molar-refractivity contribution in [1.29, 1.82) is 0 Å². The molecule has 0 fully saturated rings. The maximum atomic E-state index is 10.2. The summed E-state index contributed by atoms with van der Waals surface area (Å²) in [7, 11) is 1.49. The SMILES string of the molecule is COc1cccc(/C=N/Nc2nnc(-c3ccccc3)c(-c3ccccc3)n2)c1O.